The lowest BCUT2D eigenvalue weighted by atomic mass is 9.99. The summed E-state index contributed by atoms with van der Waals surface area (Å²) in [6.07, 6.45) is 7.83. The molecule has 0 bridgehead atoms. The molecular weight excluding hydrogens is 414 g/mol. The van der Waals surface area contributed by atoms with Gasteiger partial charge in [0.25, 0.3) is 5.91 Å². The van der Waals surface area contributed by atoms with Gasteiger partial charge in [-0.1, -0.05) is 17.4 Å². The molecule has 0 unspecified atom stereocenters. The third-order valence-corrected chi connectivity index (χ3v) is 6.37. The highest BCUT2D eigenvalue weighted by Gasteiger charge is 2.37. The van der Waals surface area contributed by atoms with Crippen LogP contribution in [-0.4, -0.2) is 56.9 Å². The smallest absolute Gasteiger partial charge is 0.285 e. The van der Waals surface area contributed by atoms with Gasteiger partial charge in [-0.15, -0.1) is 10.2 Å². The SMILES string of the molecule is Cn1cc(-c2nnc(C(=O)N3CCc4[nH]cnc4[C@H]3c3cc4ccccn4n3)s2)cn1. The number of amides is 1. The summed E-state index contributed by atoms with van der Waals surface area (Å²) in [6, 6.07) is 7.48. The van der Waals surface area contributed by atoms with E-state index in [4.69, 9.17) is 5.10 Å². The molecule has 0 fully saturated rings. The molecular formula is C20H17N9OS. The average molecular weight is 431 g/mol. The van der Waals surface area contributed by atoms with Crippen LogP contribution in [0, 0.1) is 0 Å². The number of aromatic nitrogens is 8. The summed E-state index contributed by atoms with van der Waals surface area (Å²) in [7, 11) is 1.84. The van der Waals surface area contributed by atoms with Crippen LogP contribution in [0.2, 0.25) is 0 Å². The number of hydrogen-bond donors (Lipinski definition) is 1. The second kappa shape index (κ2) is 6.84. The van der Waals surface area contributed by atoms with E-state index in [1.165, 1.54) is 11.3 Å². The van der Waals surface area contributed by atoms with Gasteiger partial charge in [0.15, 0.2) is 5.01 Å². The zero-order valence-electron chi connectivity index (χ0n) is 16.5. The molecule has 6 rings (SSSR count). The number of aromatic amines is 1. The van der Waals surface area contributed by atoms with Crippen molar-refractivity contribution < 1.29 is 4.79 Å². The number of H-pyrrole nitrogens is 1. The van der Waals surface area contributed by atoms with E-state index in [9.17, 15) is 4.79 Å². The number of carbonyl (C=O) groups is 1. The van der Waals surface area contributed by atoms with Crippen LogP contribution >= 0.6 is 11.3 Å². The second-order valence-electron chi connectivity index (χ2n) is 7.37. The Labute approximate surface area is 180 Å². The largest absolute Gasteiger partial charge is 0.348 e. The van der Waals surface area contributed by atoms with Gasteiger partial charge in [-0.25, -0.2) is 9.50 Å². The topological polar surface area (TPSA) is 110 Å². The quantitative estimate of drug-likeness (QED) is 0.468. The van der Waals surface area contributed by atoms with E-state index in [0.29, 0.717) is 23.0 Å². The van der Waals surface area contributed by atoms with Crippen LogP contribution in [0.1, 0.15) is 32.9 Å². The Morgan fingerprint density at radius 2 is 2.23 bits per heavy atom. The highest BCUT2D eigenvalue weighted by atomic mass is 32.1. The third kappa shape index (κ3) is 2.93. The van der Waals surface area contributed by atoms with E-state index >= 15 is 0 Å². The minimum Gasteiger partial charge on any atom is -0.348 e. The summed E-state index contributed by atoms with van der Waals surface area (Å²) in [5.41, 5.74) is 4.41. The molecule has 1 aliphatic heterocycles. The van der Waals surface area contributed by atoms with E-state index in [1.807, 2.05) is 48.2 Å². The number of nitrogens with one attached hydrogen (secondary N) is 1. The van der Waals surface area contributed by atoms with Crippen molar-refractivity contribution in [1.29, 1.82) is 0 Å². The molecule has 0 saturated heterocycles. The van der Waals surface area contributed by atoms with Gasteiger partial charge in [0.2, 0.25) is 5.01 Å². The Kier molecular flexibility index (Phi) is 3.96. The maximum absolute atomic E-state index is 13.5. The zero-order valence-corrected chi connectivity index (χ0v) is 17.3. The van der Waals surface area contributed by atoms with Crippen molar-refractivity contribution in [3.63, 3.8) is 0 Å². The maximum atomic E-state index is 13.5. The molecule has 0 saturated carbocycles. The van der Waals surface area contributed by atoms with Gasteiger partial charge in [-0.3, -0.25) is 9.48 Å². The molecule has 5 aromatic heterocycles. The molecule has 11 heteroatoms. The van der Waals surface area contributed by atoms with E-state index in [2.05, 4.69) is 25.3 Å². The van der Waals surface area contributed by atoms with Crippen LogP contribution in [0.15, 0.2) is 49.2 Å². The Bertz CT molecular complexity index is 1380. The Balaban J connectivity index is 1.40. The van der Waals surface area contributed by atoms with Crippen molar-refractivity contribution in [1.82, 2.24) is 44.5 Å². The van der Waals surface area contributed by atoms with E-state index in [0.717, 1.165) is 28.2 Å². The average Bonchev–Trinajstić information content (AvgIpc) is 3.57. The number of fused-ring (bicyclic) bond motifs is 2. The van der Waals surface area contributed by atoms with Crippen molar-refractivity contribution in [2.75, 3.05) is 6.54 Å². The van der Waals surface area contributed by atoms with Crippen molar-refractivity contribution in [2.24, 2.45) is 7.05 Å². The highest BCUT2D eigenvalue weighted by Crippen LogP contribution is 2.35. The fourth-order valence-electron chi connectivity index (χ4n) is 3.97. The number of aryl methyl sites for hydroxylation is 1. The normalized spacial score (nSPS) is 16.0. The van der Waals surface area contributed by atoms with Crippen LogP contribution < -0.4 is 0 Å². The first-order valence-electron chi connectivity index (χ1n) is 9.77. The third-order valence-electron chi connectivity index (χ3n) is 5.41. The summed E-state index contributed by atoms with van der Waals surface area (Å²) < 4.78 is 3.51. The van der Waals surface area contributed by atoms with E-state index in [-0.39, 0.29) is 5.91 Å². The number of nitrogens with zero attached hydrogens (tertiary/aromatic N) is 8. The molecule has 0 aromatic carbocycles. The summed E-state index contributed by atoms with van der Waals surface area (Å²) >= 11 is 1.27. The molecule has 1 aliphatic rings. The highest BCUT2D eigenvalue weighted by molar-refractivity contribution is 7.16. The Hall–Kier alpha value is -3.86. The minimum absolute atomic E-state index is 0.177. The lowest BCUT2D eigenvalue weighted by molar-refractivity contribution is 0.0685. The monoisotopic (exact) mass is 431 g/mol. The van der Waals surface area contributed by atoms with Crippen LogP contribution in [0.4, 0.5) is 0 Å². The van der Waals surface area contributed by atoms with Gasteiger partial charge < -0.3 is 9.88 Å². The number of rotatable bonds is 3. The van der Waals surface area contributed by atoms with Crippen LogP contribution in [0.25, 0.3) is 16.1 Å². The first-order valence-corrected chi connectivity index (χ1v) is 10.6. The van der Waals surface area contributed by atoms with Crippen molar-refractivity contribution in [2.45, 2.75) is 12.5 Å². The van der Waals surface area contributed by atoms with Gasteiger partial charge in [-0.2, -0.15) is 10.2 Å². The first-order chi connectivity index (χ1) is 15.2. The van der Waals surface area contributed by atoms with E-state index in [1.54, 1.807) is 22.1 Å². The fraction of sp³-hybridized carbons (Fsp3) is 0.200. The molecule has 10 nitrogen and oxygen atoms in total. The van der Waals surface area contributed by atoms with Crippen LogP contribution in [-0.2, 0) is 13.5 Å². The molecule has 31 heavy (non-hydrogen) atoms. The second-order valence-corrected chi connectivity index (χ2v) is 8.35. The molecule has 5 aromatic rings. The molecule has 154 valence electrons. The van der Waals surface area contributed by atoms with Crippen LogP contribution in [0.5, 0.6) is 0 Å². The molecule has 1 N–H and O–H groups in total. The number of hydrogen-bond acceptors (Lipinski definition) is 7. The zero-order chi connectivity index (χ0) is 20.9. The van der Waals surface area contributed by atoms with Crippen molar-refractivity contribution >= 4 is 22.8 Å². The Morgan fingerprint density at radius 1 is 1.29 bits per heavy atom. The number of carbonyl (C=O) groups excluding carboxylic acids is 1. The summed E-state index contributed by atoms with van der Waals surface area (Å²) in [6.45, 7) is 0.536. The Morgan fingerprint density at radius 3 is 3.06 bits per heavy atom. The van der Waals surface area contributed by atoms with Gasteiger partial charge in [0.05, 0.1) is 35.0 Å². The maximum Gasteiger partial charge on any atom is 0.285 e. The van der Waals surface area contributed by atoms with Gasteiger partial charge in [0, 0.05) is 38.1 Å². The van der Waals surface area contributed by atoms with Gasteiger partial charge in [0.1, 0.15) is 6.04 Å². The first kappa shape index (κ1) is 18.0. The lowest BCUT2D eigenvalue weighted by Crippen LogP contribution is -2.41. The summed E-state index contributed by atoms with van der Waals surface area (Å²) in [5.74, 6) is -0.177. The van der Waals surface area contributed by atoms with Crippen LogP contribution in [0.3, 0.4) is 0 Å². The van der Waals surface area contributed by atoms with Gasteiger partial charge >= 0.3 is 0 Å². The number of imidazole rings is 1. The fourth-order valence-corrected chi connectivity index (χ4v) is 4.74. The molecule has 6 heterocycles. The minimum atomic E-state index is -0.395. The van der Waals surface area contributed by atoms with Crippen molar-refractivity contribution in [3.8, 4) is 10.6 Å². The predicted octanol–water partition coefficient (Wildman–Crippen LogP) is 2.10. The predicted molar refractivity (Wildman–Crippen MR) is 112 cm³/mol. The standard InChI is InChI=1S/C20H17N9OS/c1-27-10-12(9-23-27)18-24-25-19(31-18)20(30)28-7-5-14-16(22-11-21-14)17(28)15-8-13-4-2-3-6-29(13)26-15/h2-4,6,8-11,17H,5,7H2,1H3,(H,21,22)/t17-/m1/s1. The molecule has 1 atom stereocenters. The molecule has 0 spiro atoms. The van der Waals surface area contributed by atoms with Gasteiger partial charge in [-0.05, 0) is 18.2 Å². The molecule has 0 aliphatic carbocycles. The molecule has 1 amide bonds. The summed E-state index contributed by atoms with van der Waals surface area (Å²) in [4.78, 5) is 23.0. The lowest BCUT2D eigenvalue weighted by Gasteiger charge is -2.33. The summed E-state index contributed by atoms with van der Waals surface area (Å²) in [5, 5.41) is 18.3. The molecule has 0 radical (unpaired) electrons. The number of pyridine rings is 1. The van der Waals surface area contributed by atoms with E-state index < -0.39 is 6.04 Å². The van der Waals surface area contributed by atoms with Crippen molar-refractivity contribution in [3.05, 3.63) is 71.3 Å².